The highest BCUT2D eigenvalue weighted by Crippen LogP contribution is 2.17. The number of hydrogen-bond donors (Lipinski definition) is 1. The zero-order chi connectivity index (χ0) is 12.0. The number of benzene rings is 1. The summed E-state index contributed by atoms with van der Waals surface area (Å²) in [4.78, 5) is 11.1. The molecular formula is C13H16O3. The van der Waals surface area contributed by atoms with Crippen LogP contribution in [0.25, 0.3) is 0 Å². The molecule has 0 bridgehead atoms. The van der Waals surface area contributed by atoms with Gasteiger partial charge < -0.3 is 9.84 Å². The summed E-state index contributed by atoms with van der Waals surface area (Å²) in [6.07, 6.45) is 1.51. The summed E-state index contributed by atoms with van der Waals surface area (Å²) in [6.45, 7) is 1.67. The van der Waals surface area contributed by atoms with Gasteiger partial charge in [-0.3, -0.25) is 0 Å². The molecule has 0 fully saturated rings. The van der Waals surface area contributed by atoms with Crippen molar-refractivity contribution in [2.24, 2.45) is 0 Å². The fourth-order valence-electron chi connectivity index (χ4n) is 1.34. The van der Waals surface area contributed by atoms with Crippen molar-refractivity contribution >= 4 is 5.97 Å². The SMILES string of the molecule is COC(=O)/C(C)=C/CC(O)c1ccccc1. The number of hydrogen-bond acceptors (Lipinski definition) is 3. The van der Waals surface area contributed by atoms with Gasteiger partial charge in [0.25, 0.3) is 0 Å². The Hall–Kier alpha value is -1.61. The molecule has 1 N–H and O–H groups in total. The van der Waals surface area contributed by atoms with Crippen molar-refractivity contribution in [3.63, 3.8) is 0 Å². The van der Waals surface area contributed by atoms with Gasteiger partial charge in [-0.15, -0.1) is 0 Å². The van der Waals surface area contributed by atoms with E-state index in [1.807, 2.05) is 30.3 Å². The van der Waals surface area contributed by atoms with Gasteiger partial charge >= 0.3 is 5.97 Å². The second-order valence-corrected chi connectivity index (χ2v) is 3.54. The van der Waals surface area contributed by atoms with Gasteiger partial charge in [-0.2, -0.15) is 0 Å². The lowest BCUT2D eigenvalue weighted by Crippen LogP contribution is -2.02. The molecule has 0 aliphatic rings. The molecule has 1 atom stereocenters. The molecule has 0 amide bonds. The van der Waals surface area contributed by atoms with Crippen molar-refractivity contribution in [1.82, 2.24) is 0 Å². The second-order valence-electron chi connectivity index (χ2n) is 3.54. The Balaban J connectivity index is 2.59. The van der Waals surface area contributed by atoms with Gasteiger partial charge in [-0.1, -0.05) is 36.4 Å². The maximum absolute atomic E-state index is 11.1. The Labute approximate surface area is 95.4 Å². The first-order valence-electron chi connectivity index (χ1n) is 5.13. The first-order chi connectivity index (χ1) is 7.65. The molecule has 3 heteroatoms. The molecule has 0 heterocycles. The maximum Gasteiger partial charge on any atom is 0.333 e. The lowest BCUT2D eigenvalue weighted by Gasteiger charge is -2.08. The largest absolute Gasteiger partial charge is 0.466 e. The van der Waals surface area contributed by atoms with E-state index in [0.717, 1.165) is 5.56 Å². The van der Waals surface area contributed by atoms with E-state index in [1.54, 1.807) is 13.0 Å². The number of aliphatic hydroxyl groups excluding tert-OH is 1. The summed E-state index contributed by atoms with van der Waals surface area (Å²) in [5.74, 6) is -0.361. The summed E-state index contributed by atoms with van der Waals surface area (Å²) in [5, 5.41) is 9.83. The number of carbonyl (C=O) groups excluding carboxylic acids is 1. The Kier molecular flexibility index (Phi) is 4.73. The van der Waals surface area contributed by atoms with E-state index in [4.69, 9.17) is 0 Å². The fourth-order valence-corrected chi connectivity index (χ4v) is 1.34. The first kappa shape index (κ1) is 12.5. The van der Waals surface area contributed by atoms with E-state index < -0.39 is 6.10 Å². The third-order valence-corrected chi connectivity index (χ3v) is 2.34. The quantitative estimate of drug-likeness (QED) is 0.625. The second kappa shape index (κ2) is 6.08. The monoisotopic (exact) mass is 220 g/mol. The summed E-state index contributed by atoms with van der Waals surface area (Å²) in [5.41, 5.74) is 1.36. The van der Waals surface area contributed by atoms with E-state index >= 15 is 0 Å². The molecule has 0 aliphatic heterocycles. The van der Waals surface area contributed by atoms with Crippen LogP contribution in [0.4, 0.5) is 0 Å². The standard InChI is InChI=1S/C13H16O3/c1-10(13(15)16-2)8-9-12(14)11-6-4-3-5-7-11/h3-8,12,14H,9H2,1-2H3/b10-8+. The lowest BCUT2D eigenvalue weighted by molar-refractivity contribution is -0.136. The Morgan fingerprint density at radius 2 is 2.06 bits per heavy atom. The van der Waals surface area contributed by atoms with Crippen LogP contribution in [0.5, 0.6) is 0 Å². The molecule has 0 radical (unpaired) electrons. The summed E-state index contributed by atoms with van der Waals surface area (Å²) < 4.78 is 4.56. The molecule has 0 aromatic heterocycles. The van der Waals surface area contributed by atoms with Gasteiger partial charge in [0.1, 0.15) is 0 Å². The number of methoxy groups -OCH3 is 1. The molecule has 0 saturated heterocycles. The van der Waals surface area contributed by atoms with E-state index in [0.29, 0.717) is 12.0 Å². The minimum absolute atomic E-state index is 0.361. The average molecular weight is 220 g/mol. The van der Waals surface area contributed by atoms with Crippen LogP contribution in [-0.2, 0) is 9.53 Å². The molecule has 1 aromatic carbocycles. The predicted molar refractivity (Wildman–Crippen MR) is 61.8 cm³/mol. The minimum atomic E-state index is -0.583. The van der Waals surface area contributed by atoms with Crippen molar-refractivity contribution in [2.45, 2.75) is 19.4 Å². The van der Waals surface area contributed by atoms with Crippen LogP contribution >= 0.6 is 0 Å². The van der Waals surface area contributed by atoms with Crippen LogP contribution in [0.15, 0.2) is 42.0 Å². The van der Waals surface area contributed by atoms with Crippen LogP contribution < -0.4 is 0 Å². The molecule has 16 heavy (non-hydrogen) atoms. The number of rotatable bonds is 4. The molecule has 1 rings (SSSR count). The lowest BCUT2D eigenvalue weighted by atomic mass is 10.1. The van der Waals surface area contributed by atoms with Gasteiger partial charge in [0.15, 0.2) is 0 Å². The molecule has 1 aromatic rings. The van der Waals surface area contributed by atoms with Gasteiger partial charge in [0, 0.05) is 5.57 Å². The summed E-state index contributed by atoms with van der Waals surface area (Å²) in [6, 6.07) is 9.34. The predicted octanol–water partition coefficient (Wildman–Crippen LogP) is 2.23. The summed E-state index contributed by atoms with van der Waals surface area (Å²) in [7, 11) is 1.34. The topological polar surface area (TPSA) is 46.5 Å². The minimum Gasteiger partial charge on any atom is -0.466 e. The van der Waals surface area contributed by atoms with Crippen molar-refractivity contribution < 1.29 is 14.6 Å². The van der Waals surface area contributed by atoms with Crippen LogP contribution in [0.3, 0.4) is 0 Å². The zero-order valence-electron chi connectivity index (χ0n) is 9.51. The van der Waals surface area contributed by atoms with Gasteiger partial charge in [-0.25, -0.2) is 4.79 Å². The van der Waals surface area contributed by atoms with Crippen molar-refractivity contribution in [3.05, 3.63) is 47.5 Å². The average Bonchev–Trinajstić information content (AvgIpc) is 2.35. The van der Waals surface area contributed by atoms with Crippen LogP contribution in [-0.4, -0.2) is 18.2 Å². The van der Waals surface area contributed by atoms with E-state index in [9.17, 15) is 9.90 Å². The molecule has 0 saturated carbocycles. The number of ether oxygens (including phenoxy) is 1. The van der Waals surface area contributed by atoms with E-state index in [2.05, 4.69) is 4.74 Å². The van der Waals surface area contributed by atoms with Crippen LogP contribution in [0.2, 0.25) is 0 Å². The third-order valence-electron chi connectivity index (χ3n) is 2.34. The maximum atomic E-state index is 11.1. The molecule has 1 unspecified atom stereocenters. The van der Waals surface area contributed by atoms with Crippen molar-refractivity contribution in [1.29, 1.82) is 0 Å². The van der Waals surface area contributed by atoms with Crippen LogP contribution in [0, 0.1) is 0 Å². The molecular weight excluding hydrogens is 204 g/mol. The molecule has 0 spiro atoms. The highest BCUT2D eigenvalue weighted by molar-refractivity contribution is 5.87. The van der Waals surface area contributed by atoms with Gasteiger partial charge in [0.05, 0.1) is 13.2 Å². The number of carbonyl (C=O) groups is 1. The van der Waals surface area contributed by atoms with Crippen molar-refractivity contribution in [3.8, 4) is 0 Å². The smallest absolute Gasteiger partial charge is 0.333 e. The Bertz CT molecular complexity index is 368. The van der Waals surface area contributed by atoms with E-state index in [-0.39, 0.29) is 5.97 Å². The molecule has 3 nitrogen and oxygen atoms in total. The Morgan fingerprint density at radius 1 is 1.44 bits per heavy atom. The normalized spacial score (nSPS) is 13.3. The number of aliphatic hydroxyl groups is 1. The molecule has 86 valence electrons. The van der Waals surface area contributed by atoms with E-state index in [1.165, 1.54) is 7.11 Å². The zero-order valence-corrected chi connectivity index (χ0v) is 9.51. The Morgan fingerprint density at radius 3 is 2.62 bits per heavy atom. The van der Waals surface area contributed by atoms with Gasteiger partial charge in [0.2, 0.25) is 0 Å². The highest BCUT2D eigenvalue weighted by atomic mass is 16.5. The fraction of sp³-hybridized carbons (Fsp3) is 0.308. The van der Waals surface area contributed by atoms with Gasteiger partial charge in [-0.05, 0) is 18.9 Å². The number of esters is 1. The van der Waals surface area contributed by atoms with Crippen LogP contribution in [0.1, 0.15) is 25.0 Å². The van der Waals surface area contributed by atoms with Crippen molar-refractivity contribution in [2.75, 3.05) is 7.11 Å². The first-order valence-corrected chi connectivity index (χ1v) is 5.13. The molecule has 0 aliphatic carbocycles. The third kappa shape index (κ3) is 3.51. The summed E-state index contributed by atoms with van der Waals surface area (Å²) >= 11 is 0. The highest BCUT2D eigenvalue weighted by Gasteiger charge is 2.07.